The zero-order chi connectivity index (χ0) is 22.3. The van der Waals surface area contributed by atoms with Crippen LogP contribution >= 0.6 is 34.5 Å². The summed E-state index contributed by atoms with van der Waals surface area (Å²) >= 11 is 13.8. The summed E-state index contributed by atoms with van der Waals surface area (Å²) in [5, 5.41) is 3.05. The van der Waals surface area contributed by atoms with Crippen molar-refractivity contribution in [2.75, 3.05) is 0 Å². The van der Waals surface area contributed by atoms with Crippen molar-refractivity contribution in [2.24, 2.45) is 12.0 Å². The number of thiazole rings is 1. The topological polar surface area (TPSA) is 44.2 Å². The molecule has 0 fully saturated rings. The minimum absolute atomic E-state index is 0.134. The molecular formula is C23H22Cl2N4OS. The fraction of sp³-hybridized carbons (Fsp3) is 0.217. The smallest absolute Gasteiger partial charge is 0.297 e. The first-order chi connectivity index (χ1) is 14.8. The van der Waals surface area contributed by atoms with E-state index in [0.29, 0.717) is 15.7 Å². The van der Waals surface area contributed by atoms with Crippen molar-refractivity contribution < 1.29 is 0 Å². The molecule has 2 aromatic carbocycles. The summed E-state index contributed by atoms with van der Waals surface area (Å²) in [6.45, 7) is 6.09. The second-order valence-corrected chi connectivity index (χ2v) is 9.17. The SMILES string of the molecule is Cc1c(N=c2scc(-c3ccc(Cl)c(Cl)c3)n2C(C)C)c(=O)n(-c2ccccc2)n1C. The second-order valence-electron chi connectivity index (χ2n) is 7.52. The third-order valence-corrected chi connectivity index (χ3v) is 6.78. The van der Waals surface area contributed by atoms with E-state index >= 15 is 0 Å². The zero-order valence-corrected chi connectivity index (χ0v) is 20.0. The first-order valence-corrected chi connectivity index (χ1v) is 11.5. The zero-order valence-electron chi connectivity index (χ0n) is 17.6. The fourth-order valence-electron chi connectivity index (χ4n) is 3.55. The van der Waals surface area contributed by atoms with Gasteiger partial charge in [-0.25, -0.2) is 9.67 Å². The lowest BCUT2D eigenvalue weighted by Crippen LogP contribution is -2.21. The lowest BCUT2D eigenvalue weighted by atomic mass is 10.1. The van der Waals surface area contributed by atoms with Gasteiger partial charge in [-0.2, -0.15) is 0 Å². The summed E-state index contributed by atoms with van der Waals surface area (Å²) < 4.78 is 5.59. The van der Waals surface area contributed by atoms with Crippen LogP contribution in [0.4, 0.5) is 5.69 Å². The Balaban J connectivity index is 1.92. The van der Waals surface area contributed by atoms with E-state index in [2.05, 4.69) is 18.4 Å². The number of nitrogens with zero attached hydrogens (tertiary/aromatic N) is 4. The number of rotatable bonds is 4. The van der Waals surface area contributed by atoms with Crippen LogP contribution < -0.4 is 10.4 Å². The van der Waals surface area contributed by atoms with Gasteiger partial charge in [0.05, 0.1) is 27.1 Å². The van der Waals surface area contributed by atoms with Gasteiger partial charge in [-0.3, -0.25) is 9.48 Å². The summed E-state index contributed by atoms with van der Waals surface area (Å²) in [4.78, 5) is 18.8. The molecule has 0 saturated carbocycles. The minimum atomic E-state index is -0.147. The molecule has 0 aliphatic rings. The first kappa shape index (κ1) is 21.7. The predicted molar refractivity (Wildman–Crippen MR) is 129 cm³/mol. The number of aromatic nitrogens is 3. The van der Waals surface area contributed by atoms with Crippen LogP contribution in [0.2, 0.25) is 10.0 Å². The molecule has 0 spiro atoms. The molecule has 0 N–H and O–H groups in total. The highest BCUT2D eigenvalue weighted by Gasteiger charge is 2.17. The molecule has 160 valence electrons. The number of hydrogen-bond acceptors (Lipinski definition) is 3. The van der Waals surface area contributed by atoms with Gasteiger partial charge in [0.1, 0.15) is 0 Å². The van der Waals surface area contributed by atoms with Crippen LogP contribution in [0.25, 0.3) is 16.9 Å². The molecule has 8 heteroatoms. The molecule has 31 heavy (non-hydrogen) atoms. The summed E-state index contributed by atoms with van der Waals surface area (Å²) in [6.07, 6.45) is 0. The summed E-state index contributed by atoms with van der Waals surface area (Å²) in [5.41, 5.74) is 3.82. The number of halogens is 2. The average Bonchev–Trinajstić information content (AvgIpc) is 3.26. The predicted octanol–water partition coefficient (Wildman–Crippen LogP) is 6.13. The summed E-state index contributed by atoms with van der Waals surface area (Å²) in [5.74, 6) is 0. The fourth-order valence-corrected chi connectivity index (χ4v) is 4.88. The van der Waals surface area contributed by atoms with Crippen molar-refractivity contribution in [1.29, 1.82) is 0 Å². The molecule has 0 radical (unpaired) electrons. The van der Waals surface area contributed by atoms with Crippen LogP contribution in [0.1, 0.15) is 25.6 Å². The Morgan fingerprint density at radius 3 is 2.39 bits per heavy atom. The van der Waals surface area contributed by atoms with Gasteiger partial charge in [-0.15, -0.1) is 11.3 Å². The highest BCUT2D eigenvalue weighted by molar-refractivity contribution is 7.07. The quantitative estimate of drug-likeness (QED) is 0.352. The van der Waals surface area contributed by atoms with Crippen molar-refractivity contribution in [3.05, 3.63) is 84.8 Å². The van der Waals surface area contributed by atoms with Gasteiger partial charge in [0.2, 0.25) is 0 Å². The van der Waals surface area contributed by atoms with E-state index in [1.165, 1.54) is 11.3 Å². The van der Waals surface area contributed by atoms with E-state index in [1.54, 1.807) is 10.7 Å². The van der Waals surface area contributed by atoms with Crippen molar-refractivity contribution in [3.8, 4) is 16.9 Å². The first-order valence-electron chi connectivity index (χ1n) is 9.83. The van der Waals surface area contributed by atoms with Gasteiger partial charge in [-0.05, 0) is 45.0 Å². The van der Waals surface area contributed by atoms with Crippen molar-refractivity contribution in [3.63, 3.8) is 0 Å². The van der Waals surface area contributed by atoms with Crippen LogP contribution in [-0.2, 0) is 7.05 Å². The Kier molecular flexibility index (Phi) is 5.97. The largest absolute Gasteiger partial charge is 0.314 e. The maximum Gasteiger partial charge on any atom is 0.297 e. The van der Waals surface area contributed by atoms with E-state index in [-0.39, 0.29) is 11.6 Å². The van der Waals surface area contributed by atoms with Crippen LogP contribution in [0.15, 0.2) is 63.7 Å². The number of benzene rings is 2. The average molecular weight is 473 g/mol. The molecule has 2 heterocycles. The van der Waals surface area contributed by atoms with Crippen molar-refractivity contribution in [1.82, 2.24) is 13.9 Å². The molecule has 0 saturated heterocycles. The highest BCUT2D eigenvalue weighted by Crippen LogP contribution is 2.30. The Morgan fingerprint density at radius 1 is 1.03 bits per heavy atom. The molecule has 5 nitrogen and oxygen atoms in total. The second kappa shape index (κ2) is 8.54. The number of para-hydroxylation sites is 1. The standard InChI is InChI=1S/C23H22Cl2N4OS/c1-14(2)28-20(16-10-11-18(24)19(25)12-16)13-31-23(28)26-21-15(3)27(4)29(22(21)30)17-8-6-5-7-9-17/h5-14H,1-4H3. The lowest BCUT2D eigenvalue weighted by Gasteiger charge is -2.13. The Morgan fingerprint density at radius 2 is 1.74 bits per heavy atom. The van der Waals surface area contributed by atoms with E-state index < -0.39 is 0 Å². The maximum atomic E-state index is 13.3. The Hall–Kier alpha value is -2.54. The highest BCUT2D eigenvalue weighted by atomic mass is 35.5. The summed E-state index contributed by atoms with van der Waals surface area (Å²) in [7, 11) is 1.87. The lowest BCUT2D eigenvalue weighted by molar-refractivity contribution is 0.591. The molecule has 0 aliphatic carbocycles. The van der Waals surface area contributed by atoms with Gasteiger partial charge in [0.25, 0.3) is 5.56 Å². The van der Waals surface area contributed by atoms with Crippen LogP contribution in [0, 0.1) is 6.92 Å². The molecule has 0 amide bonds. The Bertz CT molecular complexity index is 1380. The van der Waals surface area contributed by atoms with E-state index in [4.69, 9.17) is 28.2 Å². The van der Waals surface area contributed by atoms with Crippen LogP contribution in [0.5, 0.6) is 0 Å². The summed E-state index contributed by atoms with van der Waals surface area (Å²) in [6, 6.07) is 15.3. The van der Waals surface area contributed by atoms with Gasteiger partial charge in [0.15, 0.2) is 10.5 Å². The Labute approximate surface area is 194 Å². The molecule has 2 aromatic heterocycles. The van der Waals surface area contributed by atoms with E-state index in [1.807, 2.05) is 66.5 Å². The maximum absolute atomic E-state index is 13.3. The number of hydrogen-bond donors (Lipinski definition) is 0. The molecule has 0 unspecified atom stereocenters. The van der Waals surface area contributed by atoms with E-state index in [0.717, 1.165) is 27.4 Å². The molecule has 4 rings (SSSR count). The van der Waals surface area contributed by atoms with Crippen molar-refractivity contribution in [2.45, 2.75) is 26.8 Å². The van der Waals surface area contributed by atoms with Gasteiger partial charge in [0, 0.05) is 24.0 Å². The normalized spacial score (nSPS) is 12.2. The third-order valence-electron chi connectivity index (χ3n) is 5.20. The molecule has 0 bridgehead atoms. The minimum Gasteiger partial charge on any atom is -0.314 e. The molecular weight excluding hydrogens is 451 g/mol. The van der Waals surface area contributed by atoms with Crippen molar-refractivity contribution >= 4 is 40.2 Å². The van der Waals surface area contributed by atoms with Crippen LogP contribution in [0.3, 0.4) is 0 Å². The van der Waals surface area contributed by atoms with Gasteiger partial charge >= 0.3 is 0 Å². The van der Waals surface area contributed by atoms with Gasteiger partial charge < -0.3 is 4.57 Å². The monoisotopic (exact) mass is 472 g/mol. The molecule has 4 aromatic rings. The third kappa shape index (κ3) is 3.91. The van der Waals surface area contributed by atoms with E-state index in [9.17, 15) is 4.79 Å². The molecule has 0 atom stereocenters. The van der Waals surface area contributed by atoms with Crippen LogP contribution in [-0.4, -0.2) is 13.9 Å². The molecule has 0 aliphatic heterocycles. The van der Waals surface area contributed by atoms with Gasteiger partial charge in [-0.1, -0.05) is 47.5 Å².